The van der Waals surface area contributed by atoms with Crippen LogP contribution in [-0.4, -0.2) is 31.1 Å². The minimum absolute atomic E-state index is 0.105. The molecule has 0 aromatic rings. The van der Waals surface area contributed by atoms with Crippen molar-refractivity contribution in [2.24, 2.45) is 17.8 Å². The van der Waals surface area contributed by atoms with E-state index in [1.165, 1.54) is 32.1 Å². The SMILES string of the molecule is CC(CC(=O)C1CCOC2(CCC2)C1)C1CCCNC1. The second-order valence-electron chi connectivity index (χ2n) is 7.33. The van der Waals surface area contributed by atoms with E-state index in [9.17, 15) is 4.79 Å². The van der Waals surface area contributed by atoms with E-state index in [4.69, 9.17) is 4.74 Å². The number of nitrogens with one attached hydrogen (secondary N) is 1. The van der Waals surface area contributed by atoms with Crippen molar-refractivity contribution in [1.82, 2.24) is 5.32 Å². The second kappa shape index (κ2) is 6.15. The number of rotatable bonds is 4. The van der Waals surface area contributed by atoms with Gasteiger partial charge in [0.2, 0.25) is 0 Å². The second-order valence-corrected chi connectivity index (χ2v) is 7.33. The maximum atomic E-state index is 12.6. The predicted molar refractivity (Wildman–Crippen MR) is 79.6 cm³/mol. The van der Waals surface area contributed by atoms with Crippen LogP contribution < -0.4 is 5.32 Å². The highest BCUT2D eigenvalue weighted by Crippen LogP contribution is 2.44. The Morgan fingerprint density at radius 3 is 2.85 bits per heavy atom. The Labute approximate surface area is 122 Å². The molecule has 0 aromatic heterocycles. The first-order chi connectivity index (χ1) is 9.69. The molecule has 1 N–H and O–H groups in total. The molecule has 2 heterocycles. The molecule has 3 atom stereocenters. The van der Waals surface area contributed by atoms with Gasteiger partial charge in [-0.2, -0.15) is 0 Å². The fourth-order valence-corrected chi connectivity index (χ4v) is 4.24. The molecule has 114 valence electrons. The zero-order chi connectivity index (χ0) is 14.0. The van der Waals surface area contributed by atoms with Gasteiger partial charge < -0.3 is 10.1 Å². The van der Waals surface area contributed by atoms with Gasteiger partial charge in [-0.3, -0.25) is 4.79 Å². The van der Waals surface area contributed by atoms with Gasteiger partial charge in [0, 0.05) is 18.9 Å². The molecule has 1 aliphatic carbocycles. The Balaban J connectivity index is 1.50. The molecule has 20 heavy (non-hydrogen) atoms. The van der Waals surface area contributed by atoms with Crippen molar-refractivity contribution in [3.05, 3.63) is 0 Å². The first-order valence-electron chi connectivity index (χ1n) is 8.56. The lowest BCUT2D eigenvalue weighted by Crippen LogP contribution is -2.47. The Bertz CT molecular complexity index is 345. The molecule has 3 heteroatoms. The molecule has 3 nitrogen and oxygen atoms in total. The molecule has 0 aromatic carbocycles. The minimum atomic E-state index is 0.105. The first-order valence-corrected chi connectivity index (χ1v) is 8.56. The number of carbonyl (C=O) groups excluding carboxylic acids is 1. The zero-order valence-electron chi connectivity index (χ0n) is 12.8. The van der Waals surface area contributed by atoms with Gasteiger partial charge in [0.05, 0.1) is 5.60 Å². The fourth-order valence-electron chi connectivity index (χ4n) is 4.24. The number of ketones is 1. The molecule has 0 radical (unpaired) electrons. The van der Waals surface area contributed by atoms with Gasteiger partial charge in [-0.15, -0.1) is 0 Å². The molecule has 0 amide bonds. The number of Topliss-reactive ketones (excluding diaryl/α,β-unsaturated/α-hetero) is 1. The van der Waals surface area contributed by atoms with E-state index in [1.807, 2.05) is 0 Å². The average molecular weight is 279 g/mol. The maximum Gasteiger partial charge on any atom is 0.136 e. The van der Waals surface area contributed by atoms with Crippen molar-refractivity contribution in [2.75, 3.05) is 19.7 Å². The highest BCUT2D eigenvalue weighted by molar-refractivity contribution is 5.81. The van der Waals surface area contributed by atoms with Crippen molar-refractivity contribution in [1.29, 1.82) is 0 Å². The average Bonchev–Trinajstić information content (AvgIpc) is 2.46. The van der Waals surface area contributed by atoms with Gasteiger partial charge in [0.25, 0.3) is 0 Å². The number of piperidine rings is 1. The van der Waals surface area contributed by atoms with Crippen molar-refractivity contribution < 1.29 is 9.53 Å². The highest BCUT2D eigenvalue weighted by Gasteiger charge is 2.44. The van der Waals surface area contributed by atoms with E-state index in [-0.39, 0.29) is 11.5 Å². The number of carbonyl (C=O) groups is 1. The quantitative estimate of drug-likeness (QED) is 0.860. The maximum absolute atomic E-state index is 12.6. The van der Waals surface area contributed by atoms with E-state index < -0.39 is 0 Å². The molecule has 1 spiro atoms. The van der Waals surface area contributed by atoms with Gasteiger partial charge in [-0.25, -0.2) is 0 Å². The lowest BCUT2D eigenvalue weighted by molar-refractivity contribution is -0.156. The van der Waals surface area contributed by atoms with Crippen LogP contribution in [0.15, 0.2) is 0 Å². The highest BCUT2D eigenvalue weighted by atomic mass is 16.5. The molecule has 3 rings (SSSR count). The van der Waals surface area contributed by atoms with Crippen LogP contribution in [0.1, 0.15) is 58.3 Å². The molecule has 1 saturated carbocycles. The third-order valence-electron chi connectivity index (χ3n) is 5.88. The lowest BCUT2D eigenvalue weighted by atomic mass is 9.70. The van der Waals surface area contributed by atoms with Gasteiger partial charge in [-0.1, -0.05) is 6.92 Å². The zero-order valence-corrected chi connectivity index (χ0v) is 12.8. The van der Waals surface area contributed by atoms with Crippen molar-refractivity contribution in [2.45, 2.75) is 63.9 Å². The summed E-state index contributed by atoms with van der Waals surface area (Å²) in [6.07, 6.45) is 8.94. The van der Waals surface area contributed by atoms with Crippen LogP contribution in [0, 0.1) is 17.8 Å². The lowest BCUT2D eigenvalue weighted by Gasteiger charge is -2.47. The molecule has 2 saturated heterocycles. The molecular weight excluding hydrogens is 250 g/mol. The summed E-state index contributed by atoms with van der Waals surface area (Å²) in [6.45, 7) is 5.33. The Morgan fingerprint density at radius 2 is 2.20 bits per heavy atom. The van der Waals surface area contributed by atoms with Gasteiger partial charge in [0.15, 0.2) is 0 Å². The smallest absolute Gasteiger partial charge is 0.136 e. The van der Waals surface area contributed by atoms with Crippen LogP contribution in [0.2, 0.25) is 0 Å². The van der Waals surface area contributed by atoms with Gasteiger partial charge in [-0.05, 0) is 69.9 Å². The van der Waals surface area contributed by atoms with E-state index in [1.54, 1.807) is 0 Å². The third-order valence-corrected chi connectivity index (χ3v) is 5.88. The van der Waals surface area contributed by atoms with Crippen LogP contribution >= 0.6 is 0 Å². The summed E-state index contributed by atoms with van der Waals surface area (Å²) in [4.78, 5) is 12.6. The molecule has 3 aliphatic rings. The van der Waals surface area contributed by atoms with Crippen LogP contribution in [0.5, 0.6) is 0 Å². The minimum Gasteiger partial charge on any atom is -0.375 e. The molecule has 2 aliphatic heterocycles. The summed E-state index contributed by atoms with van der Waals surface area (Å²) in [5.74, 6) is 2.03. The largest absolute Gasteiger partial charge is 0.375 e. The molecule has 0 bridgehead atoms. The van der Waals surface area contributed by atoms with Gasteiger partial charge in [0.1, 0.15) is 5.78 Å². The van der Waals surface area contributed by atoms with Crippen LogP contribution in [-0.2, 0) is 9.53 Å². The summed E-state index contributed by atoms with van der Waals surface area (Å²) in [5, 5.41) is 3.47. The van der Waals surface area contributed by atoms with Crippen molar-refractivity contribution in [3.8, 4) is 0 Å². The number of hydrogen-bond donors (Lipinski definition) is 1. The van der Waals surface area contributed by atoms with E-state index in [0.29, 0.717) is 17.6 Å². The number of ether oxygens (including phenoxy) is 1. The summed E-state index contributed by atoms with van der Waals surface area (Å²) < 4.78 is 5.94. The molecular formula is C17H29NO2. The Kier molecular flexibility index (Phi) is 4.46. The topological polar surface area (TPSA) is 38.3 Å². The predicted octanol–water partition coefficient (Wildman–Crippen LogP) is 2.93. The summed E-state index contributed by atoms with van der Waals surface area (Å²) in [6, 6.07) is 0. The first kappa shape index (κ1) is 14.5. The third kappa shape index (κ3) is 3.09. The van der Waals surface area contributed by atoms with Crippen molar-refractivity contribution >= 4 is 5.78 Å². The monoisotopic (exact) mass is 279 g/mol. The Morgan fingerprint density at radius 1 is 1.35 bits per heavy atom. The standard InChI is InChI=1S/C17H29NO2/c1-13(15-4-2-8-18-12-15)10-16(19)14-5-9-20-17(11-14)6-3-7-17/h13-15,18H,2-12H2,1H3. The van der Waals surface area contributed by atoms with E-state index in [2.05, 4.69) is 12.2 Å². The summed E-state index contributed by atoms with van der Waals surface area (Å²) in [7, 11) is 0. The molecule has 3 unspecified atom stereocenters. The fraction of sp³-hybridized carbons (Fsp3) is 0.941. The van der Waals surface area contributed by atoms with Crippen LogP contribution in [0.4, 0.5) is 0 Å². The number of hydrogen-bond acceptors (Lipinski definition) is 3. The molecule has 3 fully saturated rings. The Hall–Kier alpha value is -0.410. The normalized spacial score (nSPS) is 34.5. The van der Waals surface area contributed by atoms with E-state index >= 15 is 0 Å². The summed E-state index contributed by atoms with van der Waals surface area (Å²) in [5.41, 5.74) is 0.105. The van der Waals surface area contributed by atoms with Crippen molar-refractivity contribution in [3.63, 3.8) is 0 Å². The summed E-state index contributed by atoms with van der Waals surface area (Å²) >= 11 is 0. The van der Waals surface area contributed by atoms with E-state index in [0.717, 1.165) is 39.0 Å². The van der Waals surface area contributed by atoms with Gasteiger partial charge >= 0.3 is 0 Å². The van der Waals surface area contributed by atoms with Crippen LogP contribution in [0.25, 0.3) is 0 Å². The van der Waals surface area contributed by atoms with Crippen LogP contribution in [0.3, 0.4) is 0 Å².